The maximum atomic E-state index is 12.4. The van der Waals surface area contributed by atoms with Crippen molar-refractivity contribution in [3.05, 3.63) is 0 Å². The number of ether oxygens (including phenoxy) is 4. The Morgan fingerprint density at radius 2 is 1.83 bits per heavy atom. The van der Waals surface area contributed by atoms with Crippen LogP contribution in [0.5, 0.6) is 0 Å². The highest BCUT2D eigenvalue weighted by Crippen LogP contribution is 2.51. The Bertz CT molecular complexity index is 446. The lowest BCUT2D eigenvalue weighted by Crippen LogP contribution is -2.45. The topological polar surface area (TPSA) is 71.1 Å². The number of methoxy groups -OCH3 is 2. The molecule has 5 unspecified atom stereocenters. The summed E-state index contributed by atoms with van der Waals surface area (Å²) in [7, 11) is 2.95. The van der Waals surface area contributed by atoms with Gasteiger partial charge in [-0.05, 0) is 39.0 Å². The Kier molecular flexibility index (Phi) is 5.68. The van der Waals surface area contributed by atoms with Crippen LogP contribution < -0.4 is 0 Å². The summed E-state index contributed by atoms with van der Waals surface area (Å²) < 4.78 is 21.5. The first-order valence-corrected chi connectivity index (χ1v) is 8.25. The van der Waals surface area contributed by atoms with Crippen LogP contribution in [0.4, 0.5) is 0 Å². The van der Waals surface area contributed by atoms with E-state index in [1.165, 1.54) is 7.11 Å². The molecule has 132 valence electrons. The first kappa shape index (κ1) is 18.2. The van der Waals surface area contributed by atoms with Gasteiger partial charge in [0.15, 0.2) is 0 Å². The number of esters is 2. The number of carbonyl (C=O) groups excluding carboxylic acids is 2. The number of rotatable bonds is 7. The van der Waals surface area contributed by atoms with Crippen LogP contribution in [0.15, 0.2) is 0 Å². The fourth-order valence-corrected chi connectivity index (χ4v) is 3.63. The molecule has 0 aromatic carbocycles. The second kappa shape index (κ2) is 7.18. The summed E-state index contributed by atoms with van der Waals surface area (Å²) in [5.41, 5.74) is -0.518. The minimum absolute atomic E-state index is 0.0186. The summed E-state index contributed by atoms with van der Waals surface area (Å²) >= 11 is 0. The molecule has 23 heavy (non-hydrogen) atoms. The molecule has 2 aliphatic rings. The lowest BCUT2D eigenvalue weighted by atomic mass is 9.84. The summed E-state index contributed by atoms with van der Waals surface area (Å²) in [5.74, 6) is -0.436. The molecular weight excluding hydrogens is 300 g/mol. The highest BCUT2D eigenvalue weighted by Gasteiger charge is 2.58. The molecule has 2 fully saturated rings. The van der Waals surface area contributed by atoms with Crippen molar-refractivity contribution in [3.63, 3.8) is 0 Å². The molecule has 2 rings (SSSR count). The molecule has 0 N–H and O–H groups in total. The van der Waals surface area contributed by atoms with Gasteiger partial charge >= 0.3 is 11.9 Å². The molecule has 6 heteroatoms. The highest BCUT2D eigenvalue weighted by atomic mass is 16.7. The minimum Gasteiger partial charge on any atom is -0.469 e. The van der Waals surface area contributed by atoms with Gasteiger partial charge in [0.1, 0.15) is 19.0 Å². The van der Waals surface area contributed by atoms with Gasteiger partial charge in [-0.25, -0.2) is 0 Å². The molecule has 2 saturated carbocycles. The average Bonchev–Trinajstić information content (AvgIpc) is 3.10. The van der Waals surface area contributed by atoms with Gasteiger partial charge in [0, 0.05) is 13.0 Å². The Morgan fingerprint density at radius 1 is 1.13 bits per heavy atom. The fraction of sp³-hybridized carbons (Fsp3) is 0.882. The molecule has 0 saturated heterocycles. The van der Waals surface area contributed by atoms with Crippen molar-refractivity contribution in [1.82, 2.24) is 0 Å². The standard InChI is InChI=1S/C17H28O6/c1-6-17(2,3)16(19)23-13-10-7-11(14(13)22-9-20-4)12(8-10)15(18)21-5/h10-14H,6-9H2,1-5H3. The lowest BCUT2D eigenvalue weighted by molar-refractivity contribution is -0.186. The summed E-state index contributed by atoms with van der Waals surface area (Å²) in [6.07, 6.45) is 1.60. The third kappa shape index (κ3) is 3.53. The number of carbonyl (C=O) groups is 2. The summed E-state index contributed by atoms with van der Waals surface area (Å²) in [4.78, 5) is 24.4. The van der Waals surface area contributed by atoms with E-state index in [-0.39, 0.29) is 48.7 Å². The Hall–Kier alpha value is -1.14. The van der Waals surface area contributed by atoms with E-state index < -0.39 is 5.41 Å². The largest absolute Gasteiger partial charge is 0.469 e. The molecule has 0 aromatic rings. The molecule has 6 nitrogen and oxygen atoms in total. The Morgan fingerprint density at radius 3 is 2.39 bits per heavy atom. The van der Waals surface area contributed by atoms with E-state index >= 15 is 0 Å². The lowest BCUT2D eigenvalue weighted by Gasteiger charge is -2.35. The normalized spacial score (nSPS) is 32.8. The SMILES string of the molecule is CCC(C)(C)C(=O)OC1C2CC(C(=O)OC)C(C2)C1OCOC. The van der Waals surface area contributed by atoms with E-state index in [9.17, 15) is 9.59 Å². The van der Waals surface area contributed by atoms with Crippen molar-refractivity contribution < 1.29 is 28.5 Å². The van der Waals surface area contributed by atoms with Gasteiger partial charge in [-0.1, -0.05) is 6.92 Å². The van der Waals surface area contributed by atoms with Crippen LogP contribution in [-0.4, -0.2) is 45.2 Å². The van der Waals surface area contributed by atoms with E-state index in [2.05, 4.69) is 0 Å². The van der Waals surface area contributed by atoms with Crippen molar-refractivity contribution in [2.75, 3.05) is 21.0 Å². The molecule has 2 aliphatic carbocycles. The van der Waals surface area contributed by atoms with E-state index in [0.29, 0.717) is 12.8 Å². The van der Waals surface area contributed by atoms with Crippen LogP contribution in [0.1, 0.15) is 40.0 Å². The van der Waals surface area contributed by atoms with Gasteiger partial charge in [0.25, 0.3) is 0 Å². The van der Waals surface area contributed by atoms with Crippen LogP contribution >= 0.6 is 0 Å². The van der Waals surface area contributed by atoms with Crippen LogP contribution in [0.3, 0.4) is 0 Å². The first-order chi connectivity index (χ1) is 10.9. The molecule has 0 aliphatic heterocycles. The molecule has 5 atom stereocenters. The first-order valence-electron chi connectivity index (χ1n) is 8.25. The maximum absolute atomic E-state index is 12.4. The molecule has 0 radical (unpaired) electrons. The van der Waals surface area contributed by atoms with E-state index in [0.717, 1.165) is 6.42 Å². The van der Waals surface area contributed by atoms with Gasteiger partial charge < -0.3 is 18.9 Å². The maximum Gasteiger partial charge on any atom is 0.311 e. The Balaban J connectivity index is 2.11. The summed E-state index contributed by atoms with van der Waals surface area (Å²) in [6.45, 7) is 5.84. The van der Waals surface area contributed by atoms with Gasteiger partial charge in [0.2, 0.25) is 0 Å². The van der Waals surface area contributed by atoms with Gasteiger partial charge in [-0.15, -0.1) is 0 Å². The minimum atomic E-state index is -0.518. The molecular formula is C17H28O6. The van der Waals surface area contributed by atoms with Crippen LogP contribution in [0, 0.1) is 23.2 Å². The molecule has 0 heterocycles. The van der Waals surface area contributed by atoms with Crippen molar-refractivity contribution >= 4 is 11.9 Å². The van der Waals surface area contributed by atoms with Crippen LogP contribution in [0.25, 0.3) is 0 Å². The summed E-state index contributed by atoms with van der Waals surface area (Å²) in [6, 6.07) is 0. The van der Waals surface area contributed by atoms with Gasteiger partial charge in [-0.3, -0.25) is 9.59 Å². The van der Waals surface area contributed by atoms with E-state index in [1.807, 2.05) is 20.8 Å². The van der Waals surface area contributed by atoms with E-state index in [1.54, 1.807) is 7.11 Å². The number of hydrogen-bond acceptors (Lipinski definition) is 6. The summed E-state index contributed by atoms with van der Waals surface area (Å²) in [5, 5.41) is 0. The van der Waals surface area contributed by atoms with Crippen molar-refractivity contribution in [1.29, 1.82) is 0 Å². The zero-order chi connectivity index (χ0) is 17.2. The second-order valence-corrected chi connectivity index (χ2v) is 7.17. The third-order valence-electron chi connectivity index (χ3n) is 5.42. The van der Waals surface area contributed by atoms with Crippen molar-refractivity contribution in [2.45, 2.75) is 52.2 Å². The number of hydrogen-bond donors (Lipinski definition) is 0. The number of fused-ring (bicyclic) bond motifs is 2. The molecule has 0 amide bonds. The molecule has 2 bridgehead atoms. The monoisotopic (exact) mass is 328 g/mol. The van der Waals surface area contributed by atoms with Crippen molar-refractivity contribution in [2.24, 2.45) is 23.2 Å². The zero-order valence-electron chi connectivity index (χ0n) is 14.7. The molecule has 0 aromatic heterocycles. The van der Waals surface area contributed by atoms with Gasteiger partial charge in [0.05, 0.1) is 18.4 Å². The fourth-order valence-electron chi connectivity index (χ4n) is 3.63. The predicted octanol–water partition coefficient (Wildman–Crippen LogP) is 2.15. The predicted molar refractivity (Wildman–Crippen MR) is 82.4 cm³/mol. The third-order valence-corrected chi connectivity index (χ3v) is 5.42. The van der Waals surface area contributed by atoms with Crippen LogP contribution in [-0.2, 0) is 28.5 Å². The Labute approximate surface area is 137 Å². The van der Waals surface area contributed by atoms with Crippen molar-refractivity contribution in [3.8, 4) is 0 Å². The quantitative estimate of drug-likeness (QED) is 0.527. The second-order valence-electron chi connectivity index (χ2n) is 7.17. The average molecular weight is 328 g/mol. The smallest absolute Gasteiger partial charge is 0.311 e. The zero-order valence-corrected chi connectivity index (χ0v) is 14.7. The highest BCUT2D eigenvalue weighted by molar-refractivity contribution is 5.76. The van der Waals surface area contributed by atoms with E-state index in [4.69, 9.17) is 18.9 Å². The van der Waals surface area contributed by atoms with Crippen LogP contribution in [0.2, 0.25) is 0 Å². The van der Waals surface area contributed by atoms with Gasteiger partial charge in [-0.2, -0.15) is 0 Å². The molecule has 0 spiro atoms.